The third-order valence-electron chi connectivity index (χ3n) is 3.05. The Morgan fingerprint density at radius 3 is 2.45 bits per heavy atom. The first-order chi connectivity index (χ1) is 10.8. The molecule has 1 N–H and O–H groups in total. The summed E-state index contributed by atoms with van der Waals surface area (Å²) in [6.07, 6.45) is 0. The molecule has 5 heteroatoms. The minimum atomic E-state index is -0.229. The van der Waals surface area contributed by atoms with E-state index in [0.717, 1.165) is 5.75 Å². The number of hydrogen-bond acceptors (Lipinski definition) is 4. The standard InChI is InChI=1S/C17H19NO4/c1-20-15-10-6-9-14(16(15)21-2)17(19)18-11-12-22-13-7-4-3-5-8-13/h3-10H,11-12H2,1-2H3,(H,18,19). The molecule has 5 nitrogen and oxygen atoms in total. The maximum atomic E-state index is 12.2. The molecule has 0 atom stereocenters. The summed E-state index contributed by atoms with van der Waals surface area (Å²) in [5.74, 6) is 1.49. The summed E-state index contributed by atoms with van der Waals surface area (Å²) in [4.78, 5) is 12.2. The van der Waals surface area contributed by atoms with Crippen molar-refractivity contribution < 1.29 is 19.0 Å². The number of hydrogen-bond donors (Lipinski definition) is 1. The molecular formula is C17H19NO4. The minimum Gasteiger partial charge on any atom is -0.493 e. The molecule has 0 aliphatic rings. The summed E-state index contributed by atoms with van der Waals surface area (Å²) < 4.78 is 16.0. The molecular weight excluding hydrogens is 282 g/mol. The van der Waals surface area contributed by atoms with Crippen LogP contribution in [0.1, 0.15) is 10.4 Å². The van der Waals surface area contributed by atoms with Gasteiger partial charge in [0, 0.05) is 0 Å². The van der Waals surface area contributed by atoms with Crippen LogP contribution in [0.25, 0.3) is 0 Å². The molecule has 0 bridgehead atoms. The van der Waals surface area contributed by atoms with Gasteiger partial charge in [0.25, 0.3) is 5.91 Å². The first-order valence-corrected chi connectivity index (χ1v) is 6.93. The van der Waals surface area contributed by atoms with Gasteiger partial charge in [-0.1, -0.05) is 24.3 Å². The Morgan fingerprint density at radius 1 is 1.00 bits per heavy atom. The minimum absolute atomic E-state index is 0.229. The zero-order chi connectivity index (χ0) is 15.8. The van der Waals surface area contributed by atoms with Crippen LogP contribution in [0, 0.1) is 0 Å². The number of amides is 1. The first kappa shape index (κ1) is 15.7. The molecule has 0 aliphatic carbocycles. The molecule has 2 aromatic rings. The Kier molecular flexibility index (Phi) is 5.65. The average molecular weight is 301 g/mol. The van der Waals surface area contributed by atoms with Gasteiger partial charge in [0.15, 0.2) is 11.5 Å². The van der Waals surface area contributed by atoms with E-state index < -0.39 is 0 Å². The Hall–Kier alpha value is -2.69. The van der Waals surface area contributed by atoms with Crippen molar-refractivity contribution in [3.05, 3.63) is 54.1 Å². The van der Waals surface area contributed by atoms with Gasteiger partial charge in [0.1, 0.15) is 12.4 Å². The van der Waals surface area contributed by atoms with Gasteiger partial charge in [0.05, 0.1) is 26.3 Å². The predicted molar refractivity (Wildman–Crippen MR) is 83.8 cm³/mol. The van der Waals surface area contributed by atoms with Crippen LogP contribution in [-0.4, -0.2) is 33.3 Å². The Bertz CT molecular complexity index is 613. The van der Waals surface area contributed by atoms with Gasteiger partial charge in [-0.25, -0.2) is 0 Å². The number of ether oxygens (including phenoxy) is 3. The van der Waals surface area contributed by atoms with Gasteiger partial charge in [-0.05, 0) is 24.3 Å². The summed E-state index contributed by atoms with van der Waals surface area (Å²) in [5.41, 5.74) is 0.432. The molecule has 1 amide bonds. The molecule has 0 heterocycles. The van der Waals surface area contributed by atoms with Crippen LogP contribution in [0.5, 0.6) is 17.2 Å². The lowest BCUT2D eigenvalue weighted by molar-refractivity contribution is 0.0943. The number of methoxy groups -OCH3 is 2. The summed E-state index contributed by atoms with van der Waals surface area (Å²) in [7, 11) is 3.04. The second kappa shape index (κ2) is 7.93. The molecule has 0 unspecified atom stereocenters. The third-order valence-corrected chi connectivity index (χ3v) is 3.05. The average Bonchev–Trinajstić information content (AvgIpc) is 2.58. The van der Waals surface area contributed by atoms with E-state index >= 15 is 0 Å². The fourth-order valence-corrected chi connectivity index (χ4v) is 2.01. The van der Waals surface area contributed by atoms with Crippen molar-refractivity contribution in [3.63, 3.8) is 0 Å². The van der Waals surface area contributed by atoms with Crippen LogP contribution in [-0.2, 0) is 0 Å². The van der Waals surface area contributed by atoms with Crippen LogP contribution < -0.4 is 19.5 Å². The van der Waals surface area contributed by atoms with Gasteiger partial charge in [-0.2, -0.15) is 0 Å². The molecule has 0 fully saturated rings. The molecule has 0 aromatic heterocycles. The molecule has 0 spiro atoms. The van der Waals surface area contributed by atoms with Crippen LogP contribution in [0.3, 0.4) is 0 Å². The van der Waals surface area contributed by atoms with Crippen molar-refractivity contribution in [1.82, 2.24) is 5.32 Å². The number of carbonyl (C=O) groups excluding carboxylic acids is 1. The Balaban J connectivity index is 1.90. The second-order valence-corrected chi connectivity index (χ2v) is 4.46. The fourth-order valence-electron chi connectivity index (χ4n) is 2.01. The van der Waals surface area contributed by atoms with Crippen molar-refractivity contribution >= 4 is 5.91 Å². The topological polar surface area (TPSA) is 56.8 Å². The van der Waals surface area contributed by atoms with E-state index in [2.05, 4.69) is 5.32 Å². The predicted octanol–water partition coefficient (Wildman–Crippen LogP) is 2.51. The first-order valence-electron chi connectivity index (χ1n) is 6.93. The summed E-state index contributed by atoms with van der Waals surface area (Å²) in [6, 6.07) is 14.6. The monoisotopic (exact) mass is 301 g/mol. The lowest BCUT2D eigenvalue weighted by atomic mass is 10.1. The number of benzene rings is 2. The zero-order valence-corrected chi connectivity index (χ0v) is 12.7. The van der Waals surface area contributed by atoms with Gasteiger partial charge < -0.3 is 19.5 Å². The normalized spacial score (nSPS) is 9.91. The zero-order valence-electron chi connectivity index (χ0n) is 12.7. The van der Waals surface area contributed by atoms with Crippen molar-refractivity contribution in [2.24, 2.45) is 0 Å². The molecule has 0 aliphatic heterocycles. The summed E-state index contributed by atoms with van der Waals surface area (Å²) >= 11 is 0. The maximum absolute atomic E-state index is 12.2. The highest BCUT2D eigenvalue weighted by Gasteiger charge is 2.15. The van der Waals surface area contributed by atoms with E-state index in [1.54, 1.807) is 18.2 Å². The number of para-hydroxylation sites is 2. The van der Waals surface area contributed by atoms with Gasteiger partial charge in [-0.3, -0.25) is 4.79 Å². The Labute approximate surface area is 129 Å². The molecule has 116 valence electrons. The molecule has 0 saturated carbocycles. The quantitative estimate of drug-likeness (QED) is 0.798. The Morgan fingerprint density at radius 2 is 1.77 bits per heavy atom. The fraction of sp³-hybridized carbons (Fsp3) is 0.235. The van der Waals surface area contributed by atoms with E-state index in [1.807, 2.05) is 30.3 Å². The third kappa shape index (κ3) is 3.91. The smallest absolute Gasteiger partial charge is 0.255 e. The highest BCUT2D eigenvalue weighted by Crippen LogP contribution is 2.30. The lowest BCUT2D eigenvalue weighted by Crippen LogP contribution is -2.28. The van der Waals surface area contributed by atoms with E-state index in [4.69, 9.17) is 14.2 Å². The molecule has 22 heavy (non-hydrogen) atoms. The van der Waals surface area contributed by atoms with E-state index in [0.29, 0.717) is 30.2 Å². The van der Waals surface area contributed by atoms with E-state index in [1.165, 1.54) is 14.2 Å². The van der Waals surface area contributed by atoms with Crippen molar-refractivity contribution in [2.75, 3.05) is 27.4 Å². The van der Waals surface area contributed by atoms with Crippen LogP contribution >= 0.6 is 0 Å². The van der Waals surface area contributed by atoms with E-state index in [9.17, 15) is 4.79 Å². The number of nitrogens with one attached hydrogen (secondary N) is 1. The lowest BCUT2D eigenvalue weighted by Gasteiger charge is -2.12. The largest absolute Gasteiger partial charge is 0.493 e. The highest BCUT2D eigenvalue weighted by molar-refractivity contribution is 5.97. The molecule has 0 radical (unpaired) electrons. The van der Waals surface area contributed by atoms with Gasteiger partial charge >= 0.3 is 0 Å². The van der Waals surface area contributed by atoms with Gasteiger partial charge in [-0.15, -0.1) is 0 Å². The number of rotatable bonds is 7. The van der Waals surface area contributed by atoms with Crippen LogP contribution in [0.15, 0.2) is 48.5 Å². The van der Waals surface area contributed by atoms with Crippen LogP contribution in [0.2, 0.25) is 0 Å². The number of carbonyl (C=O) groups is 1. The van der Waals surface area contributed by atoms with Gasteiger partial charge in [0.2, 0.25) is 0 Å². The van der Waals surface area contributed by atoms with Crippen molar-refractivity contribution in [1.29, 1.82) is 0 Å². The van der Waals surface area contributed by atoms with E-state index in [-0.39, 0.29) is 5.91 Å². The molecule has 2 rings (SSSR count). The summed E-state index contributed by atoms with van der Waals surface area (Å²) in [5, 5.41) is 2.80. The second-order valence-electron chi connectivity index (χ2n) is 4.46. The molecule has 2 aromatic carbocycles. The van der Waals surface area contributed by atoms with Crippen molar-refractivity contribution in [2.45, 2.75) is 0 Å². The maximum Gasteiger partial charge on any atom is 0.255 e. The highest BCUT2D eigenvalue weighted by atomic mass is 16.5. The SMILES string of the molecule is COc1cccc(C(=O)NCCOc2ccccc2)c1OC. The molecule has 0 saturated heterocycles. The van der Waals surface area contributed by atoms with Crippen molar-refractivity contribution in [3.8, 4) is 17.2 Å². The van der Waals surface area contributed by atoms with Crippen LogP contribution in [0.4, 0.5) is 0 Å². The summed E-state index contributed by atoms with van der Waals surface area (Å²) in [6.45, 7) is 0.788.